The summed E-state index contributed by atoms with van der Waals surface area (Å²) in [6.45, 7) is 22.7. The fourth-order valence-corrected chi connectivity index (χ4v) is 5.20. The lowest BCUT2D eigenvalue weighted by molar-refractivity contribution is 0.0932. The zero-order chi connectivity index (χ0) is 21.7. The third kappa shape index (κ3) is 3.74. The molecule has 2 heteroatoms. The van der Waals surface area contributed by atoms with E-state index in [1.54, 1.807) is 0 Å². The Morgan fingerprint density at radius 2 is 1.36 bits per heavy atom. The molecule has 0 aromatic heterocycles. The van der Waals surface area contributed by atoms with Crippen LogP contribution in [0.2, 0.25) is 0 Å². The fourth-order valence-electron chi connectivity index (χ4n) is 5.20. The average molecular weight is 383 g/mol. The Balaban J connectivity index is 2.86. The van der Waals surface area contributed by atoms with Crippen molar-refractivity contribution in [3.8, 4) is 0 Å². The molecule has 1 aliphatic carbocycles. The highest BCUT2D eigenvalue weighted by atomic mass is 15.0. The van der Waals surface area contributed by atoms with Gasteiger partial charge in [0.05, 0.1) is 5.66 Å². The molecule has 1 aromatic rings. The molecule has 0 bridgehead atoms. The molecule has 0 atom stereocenters. The number of nitrogens with two attached hydrogens (primary N) is 2. The molecule has 0 heterocycles. The lowest BCUT2D eigenvalue weighted by atomic mass is 9.58. The summed E-state index contributed by atoms with van der Waals surface area (Å²) in [7, 11) is 0. The monoisotopic (exact) mass is 382 g/mol. The lowest BCUT2D eigenvalue weighted by Gasteiger charge is -2.51. The molecule has 0 radical (unpaired) electrons. The first-order chi connectivity index (χ1) is 12.6. The summed E-state index contributed by atoms with van der Waals surface area (Å²) in [6.07, 6.45) is 6.54. The van der Waals surface area contributed by atoms with Crippen LogP contribution in [0.1, 0.15) is 85.9 Å². The van der Waals surface area contributed by atoms with Gasteiger partial charge in [-0.1, -0.05) is 99.6 Å². The van der Waals surface area contributed by atoms with E-state index in [0.29, 0.717) is 11.8 Å². The molecular weight excluding hydrogens is 340 g/mol. The molecule has 0 fully saturated rings. The van der Waals surface area contributed by atoms with Crippen LogP contribution in [-0.4, -0.2) is 5.66 Å². The maximum atomic E-state index is 6.67. The van der Waals surface area contributed by atoms with Crippen molar-refractivity contribution < 1.29 is 0 Å². The highest BCUT2D eigenvalue weighted by Crippen LogP contribution is 2.49. The second-order valence-electron chi connectivity index (χ2n) is 11.3. The van der Waals surface area contributed by atoms with E-state index in [1.165, 1.54) is 22.3 Å². The summed E-state index contributed by atoms with van der Waals surface area (Å²) < 4.78 is 0. The van der Waals surface area contributed by atoms with Crippen LogP contribution in [-0.2, 0) is 10.8 Å². The zero-order valence-electron chi connectivity index (χ0n) is 19.8. The molecule has 0 unspecified atom stereocenters. The van der Waals surface area contributed by atoms with E-state index in [0.717, 1.165) is 0 Å². The Labute approximate surface area is 173 Å². The second kappa shape index (κ2) is 7.15. The number of rotatable bonds is 3. The normalized spacial score (nSPS) is 19.3. The van der Waals surface area contributed by atoms with Crippen LogP contribution < -0.4 is 11.5 Å². The largest absolute Gasteiger partial charge is 0.309 e. The topological polar surface area (TPSA) is 52.0 Å². The number of benzene rings is 1. The molecule has 1 aliphatic rings. The van der Waals surface area contributed by atoms with E-state index >= 15 is 0 Å². The van der Waals surface area contributed by atoms with Crippen molar-refractivity contribution in [2.24, 2.45) is 28.7 Å². The SMILES string of the molecule is CC(C)C1(C(C)C)C=C(c2cccc(C(C)(C)C)c2C(C)(C)C)C=CC1(N)N. The maximum Gasteiger partial charge on any atom is 0.0930 e. The molecule has 2 rings (SSSR count). The van der Waals surface area contributed by atoms with Gasteiger partial charge >= 0.3 is 0 Å². The fraction of sp³-hybridized carbons (Fsp3) is 0.615. The third-order valence-corrected chi connectivity index (χ3v) is 6.53. The summed E-state index contributed by atoms with van der Waals surface area (Å²) in [4.78, 5) is 0. The number of hydrogen-bond acceptors (Lipinski definition) is 2. The molecule has 156 valence electrons. The average Bonchev–Trinajstić information content (AvgIpc) is 2.51. The summed E-state index contributed by atoms with van der Waals surface area (Å²) in [5.74, 6) is 0.651. The van der Waals surface area contributed by atoms with Crippen molar-refractivity contribution in [1.29, 1.82) is 0 Å². The quantitative estimate of drug-likeness (QED) is 0.616. The molecule has 4 N–H and O–H groups in total. The predicted octanol–water partition coefficient (Wildman–Crippen LogP) is 6.15. The first-order valence-corrected chi connectivity index (χ1v) is 10.7. The van der Waals surface area contributed by atoms with Crippen LogP contribution in [0.25, 0.3) is 5.57 Å². The molecule has 0 aliphatic heterocycles. The van der Waals surface area contributed by atoms with Gasteiger partial charge in [0.1, 0.15) is 0 Å². The molecule has 0 spiro atoms. The Hall–Kier alpha value is -1.38. The van der Waals surface area contributed by atoms with Gasteiger partial charge in [0.2, 0.25) is 0 Å². The Kier molecular flexibility index (Phi) is 5.84. The maximum absolute atomic E-state index is 6.67. The van der Waals surface area contributed by atoms with Crippen molar-refractivity contribution in [1.82, 2.24) is 0 Å². The van der Waals surface area contributed by atoms with E-state index in [9.17, 15) is 0 Å². The van der Waals surface area contributed by atoms with E-state index in [1.807, 2.05) is 6.08 Å². The first kappa shape index (κ1) is 22.9. The number of allylic oxidation sites excluding steroid dienone is 2. The number of hydrogen-bond donors (Lipinski definition) is 2. The summed E-state index contributed by atoms with van der Waals surface area (Å²) in [5.41, 5.74) is 17.7. The summed E-state index contributed by atoms with van der Waals surface area (Å²) >= 11 is 0. The highest BCUT2D eigenvalue weighted by molar-refractivity contribution is 5.80. The first-order valence-electron chi connectivity index (χ1n) is 10.7. The molecule has 2 nitrogen and oxygen atoms in total. The van der Waals surface area contributed by atoms with Crippen molar-refractivity contribution in [2.45, 2.75) is 85.7 Å². The minimum atomic E-state index is -0.859. The Bertz CT molecular complexity index is 770. The van der Waals surface area contributed by atoms with Gasteiger partial charge < -0.3 is 11.5 Å². The van der Waals surface area contributed by atoms with Gasteiger partial charge in [0.25, 0.3) is 0 Å². The molecule has 0 amide bonds. The van der Waals surface area contributed by atoms with Gasteiger partial charge in [-0.25, -0.2) is 0 Å². The van der Waals surface area contributed by atoms with Crippen LogP contribution >= 0.6 is 0 Å². The minimum absolute atomic E-state index is 0.0339. The van der Waals surface area contributed by atoms with E-state index in [-0.39, 0.29) is 16.2 Å². The standard InChI is InChI=1S/C26H42N2/c1-17(2)25(18(3)4)16-19(14-15-26(25,27)28)20-12-11-13-21(23(5,6)7)22(20)24(8,9)10/h11-18H,27-28H2,1-10H3. The Morgan fingerprint density at radius 1 is 0.821 bits per heavy atom. The summed E-state index contributed by atoms with van der Waals surface area (Å²) in [6, 6.07) is 6.74. The third-order valence-electron chi connectivity index (χ3n) is 6.53. The van der Waals surface area contributed by atoms with Gasteiger partial charge in [0, 0.05) is 5.41 Å². The van der Waals surface area contributed by atoms with Crippen LogP contribution in [0, 0.1) is 17.3 Å². The lowest BCUT2D eigenvalue weighted by Crippen LogP contribution is -2.65. The van der Waals surface area contributed by atoms with E-state index in [4.69, 9.17) is 11.5 Å². The second-order valence-corrected chi connectivity index (χ2v) is 11.3. The molecular formula is C26H42N2. The van der Waals surface area contributed by atoms with Crippen LogP contribution in [0.4, 0.5) is 0 Å². The van der Waals surface area contributed by atoms with Crippen LogP contribution in [0.3, 0.4) is 0 Å². The van der Waals surface area contributed by atoms with Crippen molar-refractivity contribution >= 4 is 5.57 Å². The van der Waals surface area contributed by atoms with Gasteiger partial charge in [-0.15, -0.1) is 0 Å². The van der Waals surface area contributed by atoms with E-state index in [2.05, 4.69) is 99.6 Å². The zero-order valence-corrected chi connectivity index (χ0v) is 19.8. The van der Waals surface area contributed by atoms with Gasteiger partial charge in [-0.3, -0.25) is 0 Å². The van der Waals surface area contributed by atoms with Crippen LogP contribution in [0.5, 0.6) is 0 Å². The highest BCUT2D eigenvalue weighted by Gasteiger charge is 2.50. The smallest absolute Gasteiger partial charge is 0.0930 e. The van der Waals surface area contributed by atoms with Gasteiger partial charge in [-0.2, -0.15) is 0 Å². The van der Waals surface area contributed by atoms with Crippen LogP contribution in [0.15, 0.2) is 36.4 Å². The minimum Gasteiger partial charge on any atom is -0.309 e. The molecule has 1 aromatic carbocycles. The van der Waals surface area contributed by atoms with E-state index < -0.39 is 5.66 Å². The Morgan fingerprint density at radius 3 is 1.79 bits per heavy atom. The van der Waals surface area contributed by atoms with Crippen molar-refractivity contribution in [3.05, 3.63) is 53.1 Å². The molecule has 0 saturated heterocycles. The van der Waals surface area contributed by atoms with Crippen molar-refractivity contribution in [2.75, 3.05) is 0 Å². The van der Waals surface area contributed by atoms with Gasteiger partial charge in [0.15, 0.2) is 0 Å². The van der Waals surface area contributed by atoms with Gasteiger partial charge in [-0.05, 0) is 51.0 Å². The summed E-state index contributed by atoms with van der Waals surface area (Å²) in [5, 5.41) is 0. The van der Waals surface area contributed by atoms with Crippen molar-refractivity contribution in [3.63, 3.8) is 0 Å². The predicted molar refractivity (Wildman–Crippen MR) is 124 cm³/mol. The molecule has 0 saturated carbocycles. The molecule has 28 heavy (non-hydrogen) atoms.